The van der Waals surface area contributed by atoms with Crippen molar-refractivity contribution in [3.63, 3.8) is 0 Å². The molecule has 0 amide bonds. The SMILES string of the molecule is CC(NCCCCCO)c1ccc(Br)cc1. The van der Waals surface area contributed by atoms with Crippen LogP contribution < -0.4 is 5.32 Å². The molecule has 0 heterocycles. The Morgan fingerprint density at radius 1 is 1.19 bits per heavy atom. The van der Waals surface area contributed by atoms with Crippen molar-refractivity contribution in [3.05, 3.63) is 34.3 Å². The van der Waals surface area contributed by atoms with E-state index in [4.69, 9.17) is 5.11 Å². The van der Waals surface area contributed by atoms with Gasteiger partial charge in [0.1, 0.15) is 0 Å². The maximum Gasteiger partial charge on any atom is 0.0431 e. The summed E-state index contributed by atoms with van der Waals surface area (Å²) in [6.45, 7) is 3.49. The monoisotopic (exact) mass is 285 g/mol. The molecule has 1 aromatic carbocycles. The molecule has 0 spiro atoms. The highest BCUT2D eigenvalue weighted by atomic mass is 79.9. The second-order valence-electron chi connectivity index (χ2n) is 4.01. The Hall–Kier alpha value is -0.380. The van der Waals surface area contributed by atoms with E-state index in [0.717, 1.165) is 30.3 Å². The van der Waals surface area contributed by atoms with E-state index in [1.54, 1.807) is 0 Å². The fraction of sp³-hybridized carbons (Fsp3) is 0.538. The minimum absolute atomic E-state index is 0.308. The Morgan fingerprint density at radius 3 is 2.50 bits per heavy atom. The summed E-state index contributed by atoms with van der Waals surface area (Å²) in [5.74, 6) is 0. The molecule has 90 valence electrons. The summed E-state index contributed by atoms with van der Waals surface area (Å²) in [5.41, 5.74) is 1.31. The van der Waals surface area contributed by atoms with Gasteiger partial charge in [-0.1, -0.05) is 28.1 Å². The fourth-order valence-electron chi connectivity index (χ4n) is 1.60. The first-order valence-corrected chi connectivity index (χ1v) is 6.63. The number of aliphatic hydroxyl groups excluding tert-OH is 1. The third-order valence-electron chi connectivity index (χ3n) is 2.66. The average Bonchev–Trinajstić information content (AvgIpc) is 2.29. The maximum absolute atomic E-state index is 8.65. The zero-order valence-corrected chi connectivity index (χ0v) is 11.3. The minimum atomic E-state index is 0.308. The second kappa shape index (κ2) is 7.82. The van der Waals surface area contributed by atoms with Crippen molar-refractivity contribution in [1.29, 1.82) is 0 Å². The van der Waals surface area contributed by atoms with Crippen LogP contribution in [-0.4, -0.2) is 18.3 Å². The zero-order chi connectivity index (χ0) is 11.8. The molecule has 1 unspecified atom stereocenters. The molecule has 3 heteroatoms. The number of aliphatic hydroxyl groups is 1. The van der Waals surface area contributed by atoms with Crippen molar-refractivity contribution in [2.24, 2.45) is 0 Å². The normalized spacial score (nSPS) is 12.7. The predicted molar refractivity (Wildman–Crippen MR) is 71.5 cm³/mol. The van der Waals surface area contributed by atoms with Crippen LogP contribution in [0, 0.1) is 0 Å². The number of unbranched alkanes of at least 4 members (excludes halogenated alkanes) is 2. The lowest BCUT2D eigenvalue weighted by Crippen LogP contribution is -2.19. The number of halogens is 1. The Morgan fingerprint density at radius 2 is 1.88 bits per heavy atom. The summed E-state index contributed by atoms with van der Waals surface area (Å²) in [7, 11) is 0. The van der Waals surface area contributed by atoms with Crippen molar-refractivity contribution in [1.82, 2.24) is 5.32 Å². The molecule has 0 saturated carbocycles. The lowest BCUT2D eigenvalue weighted by atomic mass is 10.1. The van der Waals surface area contributed by atoms with Gasteiger partial charge in [-0.15, -0.1) is 0 Å². The van der Waals surface area contributed by atoms with Crippen LogP contribution in [0.5, 0.6) is 0 Å². The Kier molecular flexibility index (Phi) is 6.69. The fourth-order valence-corrected chi connectivity index (χ4v) is 1.87. The molecule has 0 aromatic heterocycles. The minimum Gasteiger partial charge on any atom is -0.396 e. The van der Waals surface area contributed by atoms with Gasteiger partial charge in [0.05, 0.1) is 0 Å². The topological polar surface area (TPSA) is 32.3 Å². The van der Waals surface area contributed by atoms with Crippen LogP contribution in [0.2, 0.25) is 0 Å². The smallest absolute Gasteiger partial charge is 0.0431 e. The van der Waals surface area contributed by atoms with E-state index in [2.05, 4.69) is 52.4 Å². The molecule has 1 rings (SSSR count). The first-order valence-electron chi connectivity index (χ1n) is 5.83. The van der Waals surface area contributed by atoms with Crippen LogP contribution in [0.25, 0.3) is 0 Å². The first-order chi connectivity index (χ1) is 7.74. The number of hydrogen-bond acceptors (Lipinski definition) is 2. The van der Waals surface area contributed by atoms with E-state index < -0.39 is 0 Å². The number of rotatable bonds is 7. The van der Waals surface area contributed by atoms with Crippen LogP contribution in [0.1, 0.15) is 37.8 Å². The Bertz CT molecular complexity index is 286. The number of benzene rings is 1. The van der Waals surface area contributed by atoms with Crippen LogP contribution in [0.15, 0.2) is 28.7 Å². The Labute approximate surface area is 106 Å². The van der Waals surface area contributed by atoms with E-state index in [9.17, 15) is 0 Å². The molecule has 16 heavy (non-hydrogen) atoms. The van der Waals surface area contributed by atoms with Gasteiger partial charge in [0, 0.05) is 17.1 Å². The summed E-state index contributed by atoms with van der Waals surface area (Å²) < 4.78 is 1.12. The van der Waals surface area contributed by atoms with Gasteiger partial charge in [0.25, 0.3) is 0 Å². The highest BCUT2D eigenvalue weighted by Crippen LogP contribution is 2.16. The first kappa shape index (κ1) is 13.7. The molecule has 0 radical (unpaired) electrons. The molecule has 0 aliphatic rings. The standard InChI is InChI=1S/C13H20BrNO/c1-11(15-9-3-2-4-10-16)12-5-7-13(14)8-6-12/h5-8,11,15-16H,2-4,9-10H2,1H3. The van der Waals surface area contributed by atoms with Gasteiger partial charge >= 0.3 is 0 Å². The number of nitrogens with one attached hydrogen (secondary N) is 1. The van der Waals surface area contributed by atoms with Crippen molar-refractivity contribution in [2.75, 3.05) is 13.2 Å². The van der Waals surface area contributed by atoms with Gasteiger partial charge in [0.2, 0.25) is 0 Å². The summed E-state index contributed by atoms with van der Waals surface area (Å²) in [4.78, 5) is 0. The van der Waals surface area contributed by atoms with Crippen LogP contribution in [-0.2, 0) is 0 Å². The molecule has 1 aromatic rings. The number of hydrogen-bond donors (Lipinski definition) is 2. The van der Waals surface area contributed by atoms with Gasteiger partial charge in [0.15, 0.2) is 0 Å². The highest BCUT2D eigenvalue weighted by molar-refractivity contribution is 9.10. The second-order valence-corrected chi connectivity index (χ2v) is 4.93. The van der Waals surface area contributed by atoms with E-state index in [0.29, 0.717) is 12.6 Å². The van der Waals surface area contributed by atoms with Crippen molar-refractivity contribution in [3.8, 4) is 0 Å². The molecule has 0 bridgehead atoms. The summed E-state index contributed by atoms with van der Waals surface area (Å²) >= 11 is 3.43. The molecular weight excluding hydrogens is 266 g/mol. The van der Waals surface area contributed by atoms with Crippen molar-refractivity contribution < 1.29 is 5.11 Å². The lowest BCUT2D eigenvalue weighted by Gasteiger charge is -2.14. The zero-order valence-electron chi connectivity index (χ0n) is 9.75. The largest absolute Gasteiger partial charge is 0.396 e. The molecular formula is C13H20BrNO. The average molecular weight is 286 g/mol. The lowest BCUT2D eigenvalue weighted by molar-refractivity contribution is 0.282. The predicted octanol–water partition coefficient (Wildman–Crippen LogP) is 3.26. The third kappa shape index (κ3) is 5.10. The van der Waals surface area contributed by atoms with E-state index in [1.165, 1.54) is 5.56 Å². The summed E-state index contributed by atoms with van der Waals surface area (Å²) in [5, 5.41) is 12.1. The molecule has 0 aliphatic heterocycles. The molecule has 0 saturated heterocycles. The van der Waals surface area contributed by atoms with Crippen LogP contribution in [0.4, 0.5) is 0 Å². The Balaban J connectivity index is 2.24. The third-order valence-corrected chi connectivity index (χ3v) is 3.18. The van der Waals surface area contributed by atoms with Gasteiger partial charge in [-0.25, -0.2) is 0 Å². The van der Waals surface area contributed by atoms with Crippen LogP contribution >= 0.6 is 15.9 Å². The molecule has 2 nitrogen and oxygen atoms in total. The van der Waals surface area contributed by atoms with Gasteiger partial charge < -0.3 is 10.4 Å². The molecule has 0 fully saturated rings. The quantitative estimate of drug-likeness (QED) is 0.754. The summed E-state index contributed by atoms with van der Waals surface area (Å²) in [6, 6.07) is 8.80. The van der Waals surface area contributed by atoms with Crippen molar-refractivity contribution >= 4 is 15.9 Å². The van der Waals surface area contributed by atoms with E-state index in [1.807, 2.05) is 0 Å². The van der Waals surface area contributed by atoms with E-state index >= 15 is 0 Å². The molecule has 1 atom stereocenters. The van der Waals surface area contributed by atoms with E-state index in [-0.39, 0.29) is 0 Å². The molecule has 2 N–H and O–H groups in total. The maximum atomic E-state index is 8.65. The van der Waals surface area contributed by atoms with Crippen LogP contribution in [0.3, 0.4) is 0 Å². The molecule has 0 aliphatic carbocycles. The van der Waals surface area contributed by atoms with Crippen molar-refractivity contribution in [2.45, 2.75) is 32.2 Å². The van der Waals surface area contributed by atoms with Gasteiger partial charge in [-0.3, -0.25) is 0 Å². The highest BCUT2D eigenvalue weighted by Gasteiger charge is 2.03. The van der Waals surface area contributed by atoms with Gasteiger partial charge in [-0.2, -0.15) is 0 Å². The van der Waals surface area contributed by atoms with Gasteiger partial charge in [-0.05, 0) is 50.4 Å². The summed E-state index contributed by atoms with van der Waals surface area (Å²) in [6.07, 6.45) is 3.13.